The van der Waals surface area contributed by atoms with Gasteiger partial charge < -0.3 is 15.7 Å². The second kappa shape index (κ2) is 9.42. The SMILES string of the molecule is CCC(NC(=O)CCCC(=O)NC(C)C)(C(=O)O)c1ccc(Cl)cc1. The number of carbonyl (C=O) groups is 3. The van der Waals surface area contributed by atoms with Crippen molar-refractivity contribution in [1.82, 2.24) is 10.6 Å². The van der Waals surface area contributed by atoms with Crippen LogP contribution in [0.15, 0.2) is 24.3 Å². The fraction of sp³-hybridized carbons (Fsp3) is 0.500. The molecule has 1 aromatic rings. The summed E-state index contributed by atoms with van der Waals surface area (Å²) in [6.07, 6.45) is 0.834. The molecule has 0 heterocycles. The Morgan fingerprint density at radius 3 is 2.16 bits per heavy atom. The van der Waals surface area contributed by atoms with Crippen molar-refractivity contribution < 1.29 is 19.5 Å². The third-order valence-electron chi connectivity index (χ3n) is 3.84. The van der Waals surface area contributed by atoms with Gasteiger partial charge in [-0.2, -0.15) is 0 Å². The van der Waals surface area contributed by atoms with Crippen molar-refractivity contribution in [2.45, 2.75) is 58.0 Å². The zero-order chi connectivity index (χ0) is 19.0. The van der Waals surface area contributed by atoms with Crippen LogP contribution in [0.2, 0.25) is 5.02 Å². The summed E-state index contributed by atoms with van der Waals surface area (Å²) in [5.41, 5.74) is -1.06. The third-order valence-corrected chi connectivity index (χ3v) is 4.09. The highest BCUT2D eigenvalue weighted by molar-refractivity contribution is 6.30. The number of halogens is 1. The van der Waals surface area contributed by atoms with E-state index in [1.807, 2.05) is 13.8 Å². The van der Waals surface area contributed by atoms with Crippen LogP contribution in [-0.2, 0) is 19.9 Å². The highest BCUT2D eigenvalue weighted by atomic mass is 35.5. The minimum Gasteiger partial charge on any atom is -0.479 e. The Morgan fingerprint density at radius 1 is 1.12 bits per heavy atom. The quantitative estimate of drug-likeness (QED) is 0.624. The predicted octanol–water partition coefficient (Wildman–Crippen LogP) is 2.84. The molecule has 0 bridgehead atoms. The molecule has 2 amide bonds. The number of carbonyl (C=O) groups excluding carboxylic acids is 2. The number of rotatable bonds is 9. The summed E-state index contributed by atoms with van der Waals surface area (Å²) in [7, 11) is 0. The van der Waals surface area contributed by atoms with Crippen LogP contribution in [0.25, 0.3) is 0 Å². The van der Waals surface area contributed by atoms with Gasteiger partial charge >= 0.3 is 5.97 Å². The maximum Gasteiger partial charge on any atom is 0.334 e. The molecule has 138 valence electrons. The van der Waals surface area contributed by atoms with Crippen LogP contribution in [0.5, 0.6) is 0 Å². The van der Waals surface area contributed by atoms with Crippen molar-refractivity contribution >= 4 is 29.4 Å². The van der Waals surface area contributed by atoms with E-state index in [0.29, 0.717) is 17.0 Å². The summed E-state index contributed by atoms with van der Waals surface area (Å²) >= 11 is 5.85. The number of aliphatic carboxylic acids is 1. The van der Waals surface area contributed by atoms with Gasteiger partial charge in [0.1, 0.15) is 0 Å². The lowest BCUT2D eigenvalue weighted by Crippen LogP contribution is -2.51. The van der Waals surface area contributed by atoms with E-state index in [1.54, 1.807) is 31.2 Å². The standard InChI is InChI=1S/C18H25ClN2O4/c1-4-18(17(24)25,13-8-10-14(19)11-9-13)21-16(23)7-5-6-15(22)20-12(2)3/h8-12H,4-7H2,1-3H3,(H,20,22)(H,21,23)(H,24,25). The summed E-state index contributed by atoms with van der Waals surface area (Å²) in [5, 5.41) is 15.5. The van der Waals surface area contributed by atoms with Crippen LogP contribution in [0.4, 0.5) is 0 Å². The van der Waals surface area contributed by atoms with E-state index in [0.717, 1.165) is 0 Å². The van der Waals surface area contributed by atoms with E-state index < -0.39 is 17.4 Å². The van der Waals surface area contributed by atoms with Crippen LogP contribution < -0.4 is 10.6 Å². The van der Waals surface area contributed by atoms with Crippen LogP contribution in [0.3, 0.4) is 0 Å². The summed E-state index contributed by atoms with van der Waals surface area (Å²) < 4.78 is 0. The van der Waals surface area contributed by atoms with Crippen LogP contribution >= 0.6 is 11.6 Å². The van der Waals surface area contributed by atoms with Crippen molar-refractivity contribution in [2.24, 2.45) is 0 Å². The number of nitrogens with one attached hydrogen (secondary N) is 2. The first-order valence-electron chi connectivity index (χ1n) is 8.31. The van der Waals surface area contributed by atoms with Crippen LogP contribution in [-0.4, -0.2) is 28.9 Å². The molecule has 0 saturated heterocycles. The summed E-state index contributed by atoms with van der Waals surface area (Å²) in [4.78, 5) is 35.7. The Bertz CT molecular complexity index is 616. The second-order valence-corrected chi connectivity index (χ2v) is 6.63. The van der Waals surface area contributed by atoms with Gasteiger partial charge in [0, 0.05) is 23.9 Å². The van der Waals surface area contributed by atoms with Crippen LogP contribution in [0, 0.1) is 0 Å². The maximum atomic E-state index is 12.2. The molecule has 1 rings (SSSR count). The molecular formula is C18H25ClN2O4. The molecule has 0 aliphatic carbocycles. The number of hydrogen-bond acceptors (Lipinski definition) is 3. The largest absolute Gasteiger partial charge is 0.479 e. The average Bonchev–Trinajstić information content (AvgIpc) is 2.52. The first-order valence-corrected chi connectivity index (χ1v) is 8.69. The first kappa shape index (κ1) is 21.0. The number of carboxylic acids is 1. The Kier molecular flexibility index (Phi) is 7.90. The van der Waals surface area contributed by atoms with Crippen LogP contribution in [0.1, 0.15) is 52.0 Å². The summed E-state index contributed by atoms with van der Waals surface area (Å²) in [5.74, 6) is -1.67. The van der Waals surface area contributed by atoms with Gasteiger partial charge in [-0.1, -0.05) is 30.7 Å². The number of carboxylic acid groups (broad SMARTS) is 1. The molecule has 0 aliphatic heterocycles. The normalized spacial score (nSPS) is 13.2. The molecule has 0 aliphatic rings. The molecule has 25 heavy (non-hydrogen) atoms. The Balaban J connectivity index is 2.75. The minimum absolute atomic E-state index is 0.0472. The number of benzene rings is 1. The van der Waals surface area contributed by atoms with Gasteiger partial charge in [-0.3, -0.25) is 9.59 Å². The first-order chi connectivity index (χ1) is 11.7. The van der Waals surface area contributed by atoms with E-state index >= 15 is 0 Å². The molecule has 1 unspecified atom stereocenters. The van der Waals surface area contributed by atoms with Gasteiger partial charge in [0.2, 0.25) is 11.8 Å². The smallest absolute Gasteiger partial charge is 0.334 e. The predicted molar refractivity (Wildman–Crippen MR) is 96.3 cm³/mol. The van der Waals surface area contributed by atoms with E-state index in [-0.39, 0.29) is 31.2 Å². The molecule has 0 aromatic heterocycles. The summed E-state index contributed by atoms with van der Waals surface area (Å²) in [6.45, 7) is 5.41. The molecule has 1 aromatic carbocycles. The topological polar surface area (TPSA) is 95.5 Å². The monoisotopic (exact) mass is 368 g/mol. The van der Waals surface area contributed by atoms with E-state index in [2.05, 4.69) is 10.6 Å². The number of amides is 2. The minimum atomic E-state index is -1.51. The van der Waals surface area contributed by atoms with Gasteiger partial charge in [0.25, 0.3) is 0 Å². The van der Waals surface area contributed by atoms with Crippen molar-refractivity contribution in [3.8, 4) is 0 Å². The van der Waals surface area contributed by atoms with E-state index in [1.165, 1.54) is 0 Å². The van der Waals surface area contributed by atoms with Crippen molar-refractivity contribution in [1.29, 1.82) is 0 Å². The Morgan fingerprint density at radius 2 is 1.68 bits per heavy atom. The second-order valence-electron chi connectivity index (χ2n) is 6.19. The van der Waals surface area contributed by atoms with Gasteiger partial charge in [-0.05, 0) is 44.4 Å². The third kappa shape index (κ3) is 6.05. The lowest BCUT2D eigenvalue weighted by molar-refractivity contribution is -0.148. The molecule has 1 atom stereocenters. The molecule has 3 N–H and O–H groups in total. The Labute approximate surface area is 152 Å². The molecule has 0 saturated carbocycles. The van der Waals surface area contributed by atoms with E-state index in [4.69, 9.17) is 11.6 Å². The highest BCUT2D eigenvalue weighted by Crippen LogP contribution is 2.27. The molecule has 6 nitrogen and oxygen atoms in total. The molecular weight excluding hydrogens is 344 g/mol. The van der Waals surface area contributed by atoms with Gasteiger partial charge in [0.05, 0.1) is 0 Å². The van der Waals surface area contributed by atoms with Gasteiger partial charge in [-0.25, -0.2) is 4.79 Å². The fourth-order valence-electron chi connectivity index (χ4n) is 2.53. The van der Waals surface area contributed by atoms with Crippen molar-refractivity contribution in [3.05, 3.63) is 34.9 Å². The molecule has 7 heteroatoms. The maximum absolute atomic E-state index is 12.2. The average molecular weight is 369 g/mol. The lowest BCUT2D eigenvalue weighted by atomic mass is 9.87. The Hall–Kier alpha value is -2.08. The molecule has 0 spiro atoms. The van der Waals surface area contributed by atoms with Crippen molar-refractivity contribution in [2.75, 3.05) is 0 Å². The molecule has 0 fully saturated rings. The number of hydrogen-bond donors (Lipinski definition) is 3. The summed E-state index contributed by atoms with van der Waals surface area (Å²) in [6, 6.07) is 6.41. The zero-order valence-corrected chi connectivity index (χ0v) is 15.5. The molecule has 0 radical (unpaired) electrons. The highest BCUT2D eigenvalue weighted by Gasteiger charge is 2.40. The van der Waals surface area contributed by atoms with Crippen molar-refractivity contribution in [3.63, 3.8) is 0 Å². The lowest BCUT2D eigenvalue weighted by Gasteiger charge is -2.30. The van der Waals surface area contributed by atoms with Gasteiger partial charge in [-0.15, -0.1) is 0 Å². The zero-order valence-electron chi connectivity index (χ0n) is 14.8. The fourth-order valence-corrected chi connectivity index (χ4v) is 2.66. The van der Waals surface area contributed by atoms with Gasteiger partial charge in [0.15, 0.2) is 5.54 Å². The van der Waals surface area contributed by atoms with E-state index in [9.17, 15) is 19.5 Å².